The third kappa shape index (κ3) is 5.06. The highest BCUT2D eigenvalue weighted by molar-refractivity contribution is 7.80. The number of alkyl halides is 6. The van der Waals surface area contributed by atoms with E-state index in [0.717, 1.165) is 42.3 Å². The zero-order chi connectivity index (χ0) is 30.0. The average Bonchev–Trinajstić information content (AvgIpc) is 3.44. The zero-order valence-corrected chi connectivity index (χ0v) is 23.7. The molecule has 2 N–H and O–H groups in total. The van der Waals surface area contributed by atoms with Crippen molar-refractivity contribution >= 4 is 33.9 Å². The lowest BCUT2D eigenvalue weighted by atomic mass is 9.60. The molecule has 5 nitrogen and oxygen atoms in total. The fourth-order valence-corrected chi connectivity index (χ4v) is 7.87. The molecule has 2 aliphatic heterocycles. The summed E-state index contributed by atoms with van der Waals surface area (Å²) in [4.78, 5) is 7.01. The first kappa shape index (κ1) is 29.0. The highest BCUT2D eigenvalue weighted by Gasteiger charge is 2.62. The molecule has 1 aromatic heterocycles. The molecular weight excluding hydrogens is 578 g/mol. The van der Waals surface area contributed by atoms with E-state index in [1.165, 1.54) is 0 Å². The van der Waals surface area contributed by atoms with Crippen LogP contribution in [0.1, 0.15) is 48.9 Å². The molecule has 5 unspecified atom stereocenters. The largest absolute Gasteiger partial charge is 0.497 e. The van der Waals surface area contributed by atoms with Gasteiger partial charge in [0, 0.05) is 29.4 Å². The van der Waals surface area contributed by atoms with Crippen LogP contribution in [0.4, 0.5) is 32.0 Å². The third-order valence-electron chi connectivity index (χ3n) is 9.33. The van der Waals surface area contributed by atoms with Gasteiger partial charge in [0.2, 0.25) is 0 Å². The Balaban J connectivity index is 1.36. The van der Waals surface area contributed by atoms with Crippen molar-refractivity contribution in [3.63, 3.8) is 0 Å². The lowest BCUT2D eigenvalue weighted by Gasteiger charge is -2.46. The predicted molar refractivity (Wildman–Crippen MR) is 151 cm³/mol. The van der Waals surface area contributed by atoms with Gasteiger partial charge in [-0.25, -0.2) is 0 Å². The summed E-state index contributed by atoms with van der Waals surface area (Å²) in [7, 11) is 1.57. The van der Waals surface area contributed by atoms with Crippen molar-refractivity contribution in [1.29, 1.82) is 0 Å². The number of hydrogen-bond donors (Lipinski definition) is 2. The zero-order valence-electron chi connectivity index (χ0n) is 22.9. The van der Waals surface area contributed by atoms with E-state index in [-0.39, 0.29) is 17.2 Å². The molecule has 0 bridgehead atoms. The summed E-state index contributed by atoms with van der Waals surface area (Å²) >= 11 is 5.55. The van der Waals surface area contributed by atoms with Crippen LogP contribution in [0.5, 0.6) is 5.75 Å². The van der Waals surface area contributed by atoms with E-state index < -0.39 is 35.2 Å². The summed E-state index contributed by atoms with van der Waals surface area (Å²) in [6, 6.07) is 8.90. The Morgan fingerprint density at radius 2 is 1.76 bits per heavy atom. The number of aromatic nitrogens is 1. The van der Waals surface area contributed by atoms with Crippen LogP contribution in [0.15, 0.2) is 48.7 Å². The first-order valence-electron chi connectivity index (χ1n) is 13.9. The SMILES string of the molecule is CCC1C2CCN3C2C1CC3[C@@H](NC(=S)Nc1cc(C(F)(F)F)cc(C(F)(F)F)c1)c1ccnc2ccc(OC)cc12. The second kappa shape index (κ2) is 10.6. The van der Waals surface area contributed by atoms with Crippen LogP contribution in [0.2, 0.25) is 0 Å². The lowest BCUT2D eigenvalue weighted by Crippen LogP contribution is -2.50. The Labute approximate surface area is 244 Å². The number of benzene rings is 2. The van der Waals surface area contributed by atoms with Crippen molar-refractivity contribution in [1.82, 2.24) is 15.2 Å². The van der Waals surface area contributed by atoms with Crippen LogP contribution in [0, 0.1) is 17.8 Å². The molecule has 3 aliphatic rings. The topological polar surface area (TPSA) is 49.4 Å². The molecule has 224 valence electrons. The second-order valence-corrected chi connectivity index (χ2v) is 11.8. The summed E-state index contributed by atoms with van der Waals surface area (Å²) in [6.45, 7) is 3.15. The van der Waals surface area contributed by atoms with Crippen LogP contribution < -0.4 is 15.4 Å². The predicted octanol–water partition coefficient (Wildman–Crippen LogP) is 7.43. The summed E-state index contributed by atoms with van der Waals surface area (Å²) in [5.74, 6) is 2.48. The molecule has 12 heteroatoms. The van der Waals surface area contributed by atoms with Crippen LogP contribution in [-0.4, -0.2) is 40.7 Å². The van der Waals surface area contributed by atoms with Crippen molar-refractivity contribution in [2.75, 3.05) is 19.0 Å². The number of anilines is 1. The van der Waals surface area contributed by atoms with E-state index in [0.29, 0.717) is 41.7 Å². The molecule has 2 saturated heterocycles. The standard InChI is InChI=1S/C30H30F6N4OS/c1-3-19-21-7-9-40-25(14-23(19)27(21)40)26(20-6-8-37-24-5-4-18(41-2)13-22(20)24)39-28(42)38-17-11-15(29(31,32)33)10-16(12-17)30(34,35)36/h4-6,8,10-13,19,21,23,25-27H,3,7,9,14H2,1-2H3,(H2,38,39,42)/t19?,21?,23?,25?,26-,27?/m0/s1. The Hall–Kier alpha value is -3.12. The fourth-order valence-electron chi connectivity index (χ4n) is 7.63. The average molecular weight is 609 g/mol. The van der Waals surface area contributed by atoms with Crippen LogP contribution in [0.25, 0.3) is 10.9 Å². The minimum absolute atomic E-state index is 0.0188. The van der Waals surface area contributed by atoms with Crippen molar-refractivity contribution in [3.05, 3.63) is 65.4 Å². The minimum Gasteiger partial charge on any atom is -0.497 e. The summed E-state index contributed by atoms with van der Waals surface area (Å²) in [6.07, 6.45) is -5.10. The minimum atomic E-state index is -4.96. The van der Waals surface area contributed by atoms with Gasteiger partial charge >= 0.3 is 12.4 Å². The summed E-state index contributed by atoms with van der Waals surface area (Å²) < 4.78 is 86.3. The van der Waals surface area contributed by atoms with Gasteiger partial charge in [0.15, 0.2) is 5.11 Å². The molecule has 0 spiro atoms. The molecule has 3 aromatic rings. The number of pyridine rings is 1. The lowest BCUT2D eigenvalue weighted by molar-refractivity contribution is -0.143. The quantitative estimate of drug-likeness (QED) is 0.224. The van der Waals surface area contributed by atoms with Crippen molar-refractivity contribution in [2.24, 2.45) is 17.8 Å². The number of fused-ring (bicyclic) bond motifs is 1. The van der Waals surface area contributed by atoms with Crippen molar-refractivity contribution < 1.29 is 31.1 Å². The van der Waals surface area contributed by atoms with Crippen LogP contribution in [0.3, 0.4) is 0 Å². The van der Waals surface area contributed by atoms with Gasteiger partial charge in [-0.2, -0.15) is 26.3 Å². The van der Waals surface area contributed by atoms with Gasteiger partial charge in [0.25, 0.3) is 0 Å². The molecule has 42 heavy (non-hydrogen) atoms. The van der Waals surface area contributed by atoms with Gasteiger partial charge in [-0.3, -0.25) is 9.88 Å². The van der Waals surface area contributed by atoms with E-state index in [4.69, 9.17) is 17.0 Å². The Morgan fingerprint density at radius 3 is 2.40 bits per heavy atom. The summed E-state index contributed by atoms with van der Waals surface area (Å²) in [5.41, 5.74) is -1.60. The maximum atomic E-state index is 13.5. The molecule has 0 amide bonds. The van der Waals surface area contributed by atoms with Gasteiger partial charge in [-0.15, -0.1) is 0 Å². The molecular formula is C30H30F6N4OS. The molecule has 2 aromatic carbocycles. The number of nitrogens with zero attached hydrogens (tertiary/aromatic N) is 2. The van der Waals surface area contributed by atoms with Gasteiger partial charge in [-0.1, -0.05) is 13.3 Å². The van der Waals surface area contributed by atoms with E-state index in [1.54, 1.807) is 13.3 Å². The number of ether oxygens (including phenoxy) is 1. The third-order valence-corrected chi connectivity index (χ3v) is 9.55. The smallest absolute Gasteiger partial charge is 0.416 e. The van der Waals surface area contributed by atoms with Gasteiger partial charge in [-0.05, 0) is 97.4 Å². The maximum absolute atomic E-state index is 13.5. The Kier molecular flexibility index (Phi) is 7.28. The molecule has 6 rings (SSSR count). The molecule has 3 heterocycles. The van der Waals surface area contributed by atoms with Crippen LogP contribution >= 0.6 is 12.2 Å². The number of halogens is 6. The number of hydrogen-bond acceptors (Lipinski definition) is 4. The number of rotatable bonds is 6. The number of nitrogens with one attached hydrogen (secondary N) is 2. The van der Waals surface area contributed by atoms with E-state index in [1.807, 2.05) is 24.3 Å². The monoisotopic (exact) mass is 608 g/mol. The second-order valence-electron chi connectivity index (χ2n) is 11.4. The highest BCUT2D eigenvalue weighted by atomic mass is 32.1. The first-order valence-corrected chi connectivity index (χ1v) is 14.3. The van der Waals surface area contributed by atoms with Gasteiger partial charge < -0.3 is 15.4 Å². The molecule has 0 radical (unpaired) electrons. The molecule has 1 saturated carbocycles. The van der Waals surface area contributed by atoms with Gasteiger partial charge in [0.1, 0.15) is 5.75 Å². The van der Waals surface area contributed by atoms with Crippen molar-refractivity contribution in [3.8, 4) is 5.75 Å². The normalized spacial score (nSPS) is 26.0. The van der Waals surface area contributed by atoms with Gasteiger partial charge in [0.05, 0.1) is 29.8 Å². The maximum Gasteiger partial charge on any atom is 0.416 e. The molecule has 3 fully saturated rings. The van der Waals surface area contributed by atoms with Crippen molar-refractivity contribution in [2.45, 2.75) is 56.7 Å². The Morgan fingerprint density at radius 1 is 1.05 bits per heavy atom. The van der Waals surface area contributed by atoms with E-state index in [2.05, 4.69) is 27.4 Å². The summed E-state index contributed by atoms with van der Waals surface area (Å²) in [5, 5.41) is 6.69. The van der Waals surface area contributed by atoms with Crippen LogP contribution in [-0.2, 0) is 12.4 Å². The molecule has 6 atom stereocenters. The Bertz CT molecular complexity index is 1480. The highest BCUT2D eigenvalue weighted by Crippen LogP contribution is 2.59. The first-order chi connectivity index (χ1) is 19.9. The fraction of sp³-hybridized carbons (Fsp3) is 0.467. The number of methoxy groups -OCH3 is 1. The van der Waals surface area contributed by atoms with E-state index in [9.17, 15) is 26.3 Å². The number of thiocarbonyl (C=S) groups is 1. The molecule has 1 aliphatic carbocycles. The van der Waals surface area contributed by atoms with E-state index >= 15 is 0 Å².